The molecule has 1 aliphatic heterocycles. The van der Waals surface area contributed by atoms with Crippen molar-refractivity contribution in [1.82, 2.24) is 4.90 Å². The number of ether oxygens (including phenoxy) is 1. The molecule has 0 spiro atoms. The van der Waals surface area contributed by atoms with E-state index >= 15 is 0 Å². The lowest BCUT2D eigenvalue weighted by atomic mass is 9.89. The van der Waals surface area contributed by atoms with Gasteiger partial charge in [-0.25, -0.2) is 0 Å². The summed E-state index contributed by atoms with van der Waals surface area (Å²) < 4.78 is 5.72. The van der Waals surface area contributed by atoms with E-state index < -0.39 is 0 Å². The topological polar surface area (TPSA) is 38.5 Å². The van der Waals surface area contributed by atoms with Gasteiger partial charge in [-0.15, -0.1) is 0 Å². The molecule has 2 N–H and O–H groups in total. The van der Waals surface area contributed by atoms with Crippen LogP contribution in [0.5, 0.6) is 0 Å². The fraction of sp³-hybridized carbons (Fsp3) is 1.00. The molecule has 1 heterocycles. The molecule has 1 aliphatic carbocycles. The molecule has 0 aromatic heterocycles. The van der Waals surface area contributed by atoms with Gasteiger partial charge in [-0.1, -0.05) is 6.92 Å². The van der Waals surface area contributed by atoms with Gasteiger partial charge in [0.1, 0.15) is 0 Å². The van der Waals surface area contributed by atoms with Crippen molar-refractivity contribution in [2.45, 2.75) is 44.8 Å². The van der Waals surface area contributed by atoms with Crippen molar-refractivity contribution in [2.24, 2.45) is 11.7 Å². The van der Waals surface area contributed by atoms with Crippen molar-refractivity contribution in [3.05, 3.63) is 0 Å². The molecule has 2 atom stereocenters. The Labute approximate surface area is 93.0 Å². The molecule has 2 rings (SSSR count). The van der Waals surface area contributed by atoms with Crippen molar-refractivity contribution < 1.29 is 4.74 Å². The van der Waals surface area contributed by atoms with E-state index in [-0.39, 0.29) is 5.54 Å². The van der Waals surface area contributed by atoms with E-state index in [9.17, 15) is 0 Å². The highest BCUT2D eigenvalue weighted by molar-refractivity contribution is 5.01. The van der Waals surface area contributed by atoms with Gasteiger partial charge >= 0.3 is 0 Å². The van der Waals surface area contributed by atoms with Gasteiger partial charge in [0.05, 0.1) is 11.6 Å². The van der Waals surface area contributed by atoms with Gasteiger partial charge in [0, 0.05) is 19.7 Å². The largest absolute Gasteiger partial charge is 0.376 e. The standard InChI is InChI=1S/C12H24N2O/c1-3-14(8-11-4-5-11)12(9-13)6-7-15-10(12)2/h10-11H,3-9,13H2,1-2H3. The van der Waals surface area contributed by atoms with E-state index in [1.807, 2.05) is 0 Å². The zero-order valence-electron chi connectivity index (χ0n) is 10.0. The summed E-state index contributed by atoms with van der Waals surface area (Å²) >= 11 is 0. The first-order valence-corrected chi connectivity index (χ1v) is 6.29. The molecule has 0 radical (unpaired) electrons. The van der Waals surface area contributed by atoms with Crippen molar-refractivity contribution >= 4 is 0 Å². The highest BCUT2D eigenvalue weighted by atomic mass is 16.5. The van der Waals surface area contributed by atoms with Crippen LogP contribution in [-0.4, -0.2) is 42.8 Å². The summed E-state index contributed by atoms with van der Waals surface area (Å²) in [5.41, 5.74) is 6.13. The molecule has 0 amide bonds. The minimum absolute atomic E-state index is 0.122. The van der Waals surface area contributed by atoms with Crippen LogP contribution in [0.2, 0.25) is 0 Å². The summed E-state index contributed by atoms with van der Waals surface area (Å²) in [5.74, 6) is 0.932. The number of nitrogens with zero attached hydrogens (tertiary/aromatic N) is 1. The Kier molecular flexibility index (Phi) is 3.33. The number of nitrogens with two attached hydrogens (primary N) is 1. The van der Waals surface area contributed by atoms with Crippen LogP contribution in [0.3, 0.4) is 0 Å². The Hall–Kier alpha value is -0.120. The third-order valence-electron chi connectivity index (χ3n) is 4.20. The summed E-state index contributed by atoms with van der Waals surface area (Å²) in [6, 6.07) is 0. The SMILES string of the molecule is CCN(CC1CC1)C1(CN)CCOC1C. The molecule has 0 aromatic rings. The molecule has 2 fully saturated rings. The predicted molar refractivity (Wildman–Crippen MR) is 61.8 cm³/mol. The minimum Gasteiger partial charge on any atom is -0.376 e. The second-order valence-corrected chi connectivity index (χ2v) is 5.05. The third kappa shape index (κ3) is 2.05. The second kappa shape index (κ2) is 4.40. The molecular formula is C12H24N2O. The maximum atomic E-state index is 6.01. The second-order valence-electron chi connectivity index (χ2n) is 5.05. The normalized spacial score (nSPS) is 36.4. The van der Waals surface area contributed by atoms with Crippen molar-refractivity contribution in [3.63, 3.8) is 0 Å². The van der Waals surface area contributed by atoms with E-state index in [0.29, 0.717) is 6.10 Å². The van der Waals surface area contributed by atoms with E-state index in [1.165, 1.54) is 19.4 Å². The molecular weight excluding hydrogens is 188 g/mol. The van der Waals surface area contributed by atoms with E-state index in [0.717, 1.165) is 32.0 Å². The summed E-state index contributed by atoms with van der Waals surface area (Å²) in [6.45, 7) is 8.34. The summed E-state index contributed by atoms with van der Waals surface area (Å²) in [5, 5.41) is 0. The van der Waals surface area contributed by atoms with Crippen molar-refractivity contribution in [3.8, 4) is 0 Å². The summed E-state index contributed by atoms with van der Waals surface area (Å²) in [4.78, 5) is 2.57. The summed E-state index contributed by atoms with van der Waals surface area (Å²) in [7, 11) is 0. The van der Waals surface area contributed by atoms with Gasteiger partial charge < -0.3 is 10.5 Å². The quantitative estimate of drug-likeness (QED) is 0.745. The van der Waals surface area contributed by atoms with Crippen LogP contribution in [-0.2, 0) is 4.74 Å². The Balaban J connectivity index is 2.06. The number of rotatable bonds is 5. The van der Waals surface area contributed by atoms with Crippen LogP contribution >= 0.6 is 0 Å². The highest BCUT2D eigenvalue weighted by Crippen LogP contribution is 2.36. The number of hydrogen-bond donors (Lipinski definition) is 1. The lowest BCUT2D eigenvalue weighted by Gasteiger charge is -2.42. The van der Waals surface area contributed by atoms with Crippen LogP contribution in [0.1, 0.15) is 33.1 Å². The molecule has 88 valence electrons. The highest BCUT2D eigenvalue weighted by Gasteiger charge is 2.45. The molecule has 0 bridgehead atoms. The lowest BCUT2D eigenvalue weighted by Crippen LogP contribution is -2.58. The maximum absolute atomic E-state index is 6.01. The molecule has 3 nitrogen and oxygen atoms in total. The molecule has 2 aliphatic rings. The monoisotopic (exact) mass is 212 g/mol. The molecule has 15 heavy (non-hydrogen) atoms. The van der Waals surface area contributed by atoms with Gasteiger partial charge in [0.25, 0.3) is 0 Å². The lowest BCUT2D eigenvalue weighted by molar-refractivity contribution is 0.0145. The predicted octanol–water partition coefficient (Wildman–Crippen LogP) is 1.22. The minimum atomic E-state index is 0.122. The molecule has 0 aromatic carbocycles. The van der Waals surface area contributed by atoms with Crippen LogP contribution in [0.4, 0.5) is 0 Å². The van der Waals surface area contributed by atoms with Gasteiger partial charge in [-0.3, -0.25) is 4.90 Å². The van der Waals surface area contributed by atoms with Crippen LogP contribution in [0, 0.1) is 5.92 Å². The van der Waals surface area contributed by atoms with Crippen molar-refractivity contribution in [1.29, 1.82) is 0 Å². The Morgan fingerprint density at radius 2 is 2.20 bits per heavy atom. The van der Waals surface area contributed by atoms with Crippen LogP contribution < -0.4 is 5.73 Å². The zero-order chi connectivity index (χ0) is 10.9. The average molecular weight is 212 g/mol. The van der Waals surface area contributed by atoms with Gasteiger partial charge in [-0.2, -0.15) is 0 Å². The number of likely N-dealkylation sites (N-methyl/N-ethyl adjacent to an activating group) is 1. The van der Waals surface area contributed by atoms with Gasteiger partial charge in [-0.05, 0) is 38.6 Å². The fourth-order valence-electron chi connectivity index (χ4n) is 2.82. The van der Waals surface area contributed by atoms with Crippen molar-refractivity contribution in [2.75, 3.05) is 26.2 Å². The molecule has 1 saturated heterocycles. The molecule has 1 saturated carbocycles. The first-order chi connectivity index (χ1) is 7.23. The third-order valence-corrected chi connectivity index (χ3v) is 4.20. The fourth-order valence-corrected chi connectivity index (χ4v) is 2.82. The van der Waals surface area contributed by atoms with E-state index in [2.05, 4.69) is 18.7 Å². The smallest absolute Gasteiger partial charge is 0.0743 e. The number of hydrogen-bond acceptors (Lipinski definition) is 3. The zero-order valence-corrected chi connectivity index (χ0v) is 10.0. The average Bonchev–Trinajstić information content (AvgIpc) is 2.99. The molecule has 3 heteroatoms. The van der Waals surface area contributed by atoms with Gasteiger partial charge in [0.2, 0.25) is 0 Å². The van der Waals surface area contributed by atoms with Gasteiger partial charge in [0.15, 0.2) is 0 Å². The van der Waals surface area contributed by atoms with Crippen LogP contribution in [0.25, 0.3) is 0 Å². The van der Waals surface area contributed by atoms with E-state index in [1.54, 1.807) is 0 Å². The van der Waals surface area contributed by atoms with E-state index in [4.69, 9.17) is 10.5 Å². The Bertz CT molecular complexity index is 218. The summed E-state index contributed by atoms with van der Waals surface area (Å²) in [6.07, 6.45) is 4.21. The Morgan fingerprint density at radius 3 is 2.60 bits per heavy atom. The first kappa shape index (κ1) is 11.4. The van der Waals surface area contributed by atoms with Crippen LogP contribution in [0.15, 0.2) is 0 Å². The first-order valence-electron chi connectivity index (χ1n) is 6.29. The maximum Gasteiger partial charge on any atom is 0.0743 e. The molecule has 2 unspecified atom stereocenters. The Morgan fingerprint density at radius 1 is 1.47 bits per heavy atom.